The summed E-state index contributed by atoms with van der Waals surface area (Å²) in [7, 11) is 1.59. The number of rotatable bonds is 7. The lowest BCUT2D eigenvalue weighted by molar-refractivity contribution is -0.284. The molecule has 252 valence electrons. The number of carbonyl (C=O) groups is 1. The van der Waals surface area contributed by atoms with Crippen LogP contribution in [0.15, 0.2) is 41.0 Å². The zero-order chi connectivity index (χ0) is 32.3. The Labute approximate surface area is 271 Å². The van der Waals surface area contributed by atoms with Crippen molar-refractivity contribution in [1.82, 2.24) is 4.98 Å². The van der Waals surface area contributed by atoms with Crippen LogP contribution < -0.4 is 0 Å². The maximum absolute atomic E-state index is 12.8. The number of aliphatic hydroxyl groups excluding tert-OH is 1. The van der Waals surface area contributed by atoms with Crippen LogP contribution in [0.1, 0.15) is 83.7 Å². The van der Waals surface area contributed by atoms with Crippen molar-refractivity contribution in [2.45, 2.75) is 127 Å². The van der Waals surface area contributed by atoms with Gasteiger partial charge in [-0.1, -0.05) is 13.0 Å². The van der Waals surface area contributed by atoms with E-state index in [2.05, 4.69) is 11.9 Å². The van der Waals surface area contributed by atoms with Gasteiger partial charge in [0.1, 0.15) is 12.7 Å². The van der Waals surface area contributed by atoms with Crippen LogP contribution in [0.2, 0.25) is 0 Å². The fourth-order valence-electron chi connectivity index (χ4n) is 10.8. The Balaban J connectivity index is 1.17. The molecule has 0 spiro atoms. The van der Waals surface area contributed by atoms with E-state index in [1.165, 1.54) is 0 Å². The Kier molecular flexibility index (Phi) is 8.46. The van der Waals surface area contributed by atoms with Gasteiger partial charge in [0.05, 0.1) is 41.8 Å². The number of esters is 1. The molecule has 4 saturated carbocycles. The average Bonchev–Trinajstić information content (AvgIpc) is 3.58. The lowest BCUT2D eigenvalue weighted by Crippen LogP contribution is -2.69. The zero-order valence-corrected chi connectivity index (χ0v) is 27.3. The summed E-state index contributed by atoms with van der Waals surface area (Å²) in [4.78, 5) is 21.4. The molecule has 6 aliphatic rings. The first-order chi connectivity index (χ1) is 22.0. The minimum atomic E-state index is -1.07. The molecule has 10 nitrogen and oxygen atoms in total. The number of methoxy groups -OCH3 is 1. The Morgan fingerprint density at radius 1 is 1.11 bits per heavy atom. The number of carbonyl (C=O) groups excluding carboxylic acids is 1. The van der Waals surface area contributed by atoms with Gasteiger partial charge in [-0.15, -0.1) is 0 Å². The van der Waals surface area contributed by atoms with Gasteiger partial charge in [0.25, 0.3) is 0 Å². The molecular formula is C36H50N2O8. The molecule has 1 saturated heterocycles. The first-order valence-corrected chi connectivity index (χ1v) is 17.3. The minimum Gasteiger partial charge on any atom is -0.458 e. The topological polar surface area (TPSA) is 140 Å². The molecule has 1 aromatic rings. The van der Waals surface area contributed by atoms with E-state index in [1.807, 2.05) is 31.3 Å². The molecule has 0 radical (unpaired) electrons. The Bertz CT molecular complexity index is 1360. The molecule has 10 heteroatoms. The van der Waals surface area contributed by atoms with Crippen LogP contribution in [0.25, 0.3) is 0 Å². The van der Waals surface area contributed by atoms with E-state index < -0.39 is 35.1 Å². The van der Waals surface area contributed by atoms with Crippen molar-refractivity contribution in [3.8, 4) is 0 Å². The molecule has 2 aliphatic heterocycles. The second kappa shape index (κ2) is 12.0. The predicted octanol–water partition coefficient (Wildman–Crippen LogP) is 3.90. The number of aliphatic imine (C=N–C) groups is 1. The van der Waals surface area contributed by atoms with E-state index in [1.54, 1.807) is 19.4 Å². The average molecular weight is 639 g/mol. The predicted molar refractivity (Wildman–Crippen MR) is 169 cm³/mol. The largest absolute Gasteiger partial charge is 0.458 e. The molecule has 4 aliphatic carbocycles. The number of hydrogen-bond donors (Lipinski definition) is 3. The monoisotopic (exact) mass is 638 g/mol. The van der Waals surface area contributed by atoms with Crippen LogP contribution in [0.3, 0.4) is 0 Å². The second-order valence-electron chi connectivity index (χ2n) is 15.2. The van der Waals surface area contributed by atoms with E-state index in [0.29, 0.717) is 51.7 Å². The molecule has 12 atom stereocenters. The van der Waals surface area contributed by atoms with Gasteiger partial charge in [-0.25, -0.2) is 4.79 Å². The van der Waals surface area contributed by atoms with Gasteiger partial charge >= 0.3 is 5.97 Å². The standard InChI is InChI=1S/C36H50N2O8/c1-22-32(40)29(43-3)17-31(45-22)46-25-7-12-34(21-37-19-24-6-4-5-15-38-24)27-8-11-33(2)26(23-16-30(39)44-20-23)10-14-36(33,42)28(27)9-13-35(34,41)18-25/h4-6,15-16,21-22,25-29,31-32,40-42H,7-14,17-20H2,1-3H3/t22-,25-,26+,27+,28-,29+,31+,32-,33-,34+,35+,36+/m1/s1. The van der Waals surface area contributed by atoms with E-state index >= 15 is 0 Å². The second-order valence-corrected chi connectivity index (χ2v) is 15.2. The van der Waals surface area contributed by atoms with E-state index in [4.69, 9.17) is 23.9 Å². The van der Waals surface area contributed by atoms with Crippen molar-refractivity contribution in [3.05, 3.63) is 41.7 Å². The van der Waals surface area contributed by atoms with Crippen LogP contribution in [0, 0.1) is 28.6 Å². The van der Waals surface area contributed by atoms with Crippen molar-refractivity contribution < 1.29 is 39.1 Å². The Morgan fingerprint density at radius 3 is 2.67 bits per heavy atom. The number of aliphatic hydroxyl groups is 3. The van der Waals surface area contributed by atoms with E-state index in [9.17, 15) is 20.1 Å². The summed E-state index contributed by atoms with van der Waals surface area (Å²) < 4.78 is 23.4. The number of fused-ring (bicyclic) bond motifs is 5. The van der Waals surface area contributed by atoms with Gasteiger partial charge in [0.2, 0.25) is 0 Å². The number of aromatic nitrogens is 1. The van der Waals surface area contributed by atoms with Gasteiger partial charge in [0, 0.05) is 49.3 Å². The molecule has 0 bridgehead atoms. The normalized spacial score (nSPS) is 47.2. The van der Waals surface area contributed by atoms with Gasteiger partial charge in [0.15, 0.2) is 6.29 Å². The molecule has 1 aromatic heterocycles. The lowest BCUT2D eigenvalue weighted by Gasteiger charge is -2.66. The SMILES string of the molecule is CO[C@H]1C[C@H](O[C@@H]2CC[C@]3(C=NCc4ccccn4)[C@H]4CC[C@]5(C)[C@H](C6=CC(=O)OC6)CC[C@]5(O)[C@@H]4CC[C@]3(O)C2)O[C@H](C)[C@H]1O. The van der Waals surface area contributed by atoms with Crippen LogP contribution in [0.5, 0.6) is 0 Å². The quantitative estimate of drug-likeness (QED) is 0.231. The summed E-state index contributed by atoms with van der Waals surface area (Å²) in [5.74, 6) is -0.128. The molecule has 5 fully saturated rings. The summed E-state index contributed by atoms with van der Waals surface area (Å²) in [5.41, 5.74) is -1.09. The van der Waals surface area contributed by atoms with Crippen molar-refractivity contribution in [1.29, 1.82) is 0 Å². The van der Waals surface area contributed by atoms with Crippen molar-refractivity contribution in [2.24, 2.45) is 33.6 Å². The zero-order valence-electron chi connectivity index (χ0n) is 27.3. The van der Waals surface area contributed by atoms with E-state index in [-0.39, 0.29) is 41.3 Å². The number of hydrogen-bond acceptors (Lipinski definition) is 10. The minimum absolute atomic E-state index is 0.000364. The fourth-order valence-corrected chi connectivity index (χ4v) is 10.8. The summed E-state index contributed by atoms with van der Waals surface area (Å²) in [6, 6.07) is 5.81. The van der Waals surface area contributed by atoms with Crippen LogP contribution in [0.4, 0.5) is 0 Å². The van der Waals surface area contributed by atoms with Gasteiger partial charge in [-0.05, 0) is 93.7 Å². The molecule has 46 heavy (non-hydrogen) atoms. The van der Waals surface area contributed by atoms with Crippen LogP contribution in [-0.4, -0.2) is 88.1 Å². The third-order valence-electron chi connectivity index (χ3n) is 13.2. The Hall–Kier alpha value is -2.21. The van der Waals surface area contributed by atoms with Crippen LogP contribution in [-0.2, 0) is 30.3 Å². The number of pyridine rings is 1. The van der Waals surface area contributed by atoms with Crippen molar-refractivity contribution in [3.63, 3.8) is 0 Å². The summed E-state index contributed by atoms with van der Waals surface area (Å²) in [5, 5.41) is 36.0. The molecule has 3 heterocycles. The number of ether oxygens (including phenoxy) is 4. The summed E-state index contributed by atoms with van der Waals surface area (Å²) >= 11 is 0. The summed E-state index contributed by atoms with van der Waals surface area (Å²) in [6.07, 6.45) is 9.93. The number of cyclic esters (lactones) is 1. The molecule has 7 rings (SSSR count). The van der Waals surface area contributed by atoms with Gasteiger partial charge in [-0.3, -0.25) is 9.98 Å². The first-order valence-electron chi connectivity index (χ1n) is 17.3. The molecule has 0 amide bonds. The molecule has 3 N–H and O–H groups in total. The third kappa shape index (κ3) is 5.10. The molecular weight excluding hydrogens is 588 g/mol. The highest BCUT2D eigenvalue weighted by Gasteiger charge is 2.71. The number of nitrogens with zero attached hydrogens (tertiary/aromatic N) is 2. The van der Waals surface area contributed by atoms with Gasteiger partial charge in [-0.2, -0.15) is 0 Å². The molecule has 0 unspecified atom stereocenters. The maximum Gasteiger partial charge on any atom is 0.331 e. The Morgan fingerprint density at radius 2 is 1.93 bits per heavy atom. The highest BCUT2D eigenvalue weighted by atomic mass is 16.7. The molecule has 0 aromatic carbocycles. The van der Waals surface area contributed by atoms with Crippen molar-refractivity contribution in [2.75, 3.05) is 13.7 Å². The highest BCUT2D eigenvalue weighted by molar-refractivity contribution is 5.85. The highest BCUT2D eigenvalue weighted by Crippen LogP contribution is 2.70. The maximum atomic E-state index is 12.8. The van der Waals surface area contributed by atoms with Gasteiger partial charge < -0.3 is 34.3 Å². The van der Waals surface area contributed by atoms with Crippen molar-refractivity contribution >= 4 is 12.2 Å². The fraction of sp³-hybridized carbons (Fsp3) is 0.750. The summed E-state index contributed by atoms with van der Waals surface area (Å²) in [6.45, 7) is 4.79. The van der Waals surface area contributed by atoms with E-state index in [0.717, 1.165) is 37.0 Å². The third-order valence-corrected chi connectivity index (χ3v) is 13.2. The first kappa shape index (κ1) is 32.3. The lowest BCUT2D eigenvalue weighted by atomic mass is 9.41. The van der Waals surface area contributed by atoms with Crippen LogP contribution >= 0.6 is 0 Å². The smallest absolute Gasteiger partial charge is 0.331 e.